The second kappa shape index (κ2) is 5.65. The molecule has 120 valence electrons. The molecule has 1 saturated heterocycles. The summed E-state index contributed by atoms with van der Waals surface area (Å²) in [5, 5.41) is 12.9. The molecule has 1 aliphatic heterocycles. The summed E-state index contributed by atoms with van der Waals surface area (Å²) >= 11 is 6.17. The predicted octanol–water partition coefficient (Wildman–Crippen LogP) is 2.84. The Hall–Kier alpha value is -1.85. The Kier molecular flexibility index (Phi) is 3.62. The average Bonchev–Trinajstić information content (AvgIpc) is 2.95. The zero-order valence-corrected chi connectivity index (χ0v) is 13.8. The van der Waals surface area contributed by atoms with Gasteiger partial charge in [-0.2, -0.15) is 5.10 Å². The zero-order valence-electron chi connectivity index (χ0n) is 13.0. The number of pyridine rings is 1. The van der Waals surface area contributed by atoms with Gasteiger partial charge in [0.1, 0.15) is 5.52 Å². The lowest BCUT2D eigenvalue weighted by molar-refractivity contribution is 0.338. The van der Waals surface area contributed by atoms with Crippen LogP contribution >= 0.6 is 11.6 Å². The molecule has 3 aromatic rings. The maximum atomic E-state index is 13.0. The van der Waals surface area contributed by atoms with Gasteiger partial charge < -0.3 is 9.88 Å². The number of aromatic nitrogens is 3. The molecule has 4 rings (SSSR count). The summed E-state index contributed by atoms with van der Waals surface area (Å²) in [4.78, 5) is 13.0. The minimum absolute atomic E-state index is 0.0339. The fraction of sp³-hybridized carbons (Fsp3) is 0.412. The van der Waals surface area contributed by atoms with Crippen LogP contribution in [-0.2, 0) is 6.54 Å². The van der Waals surface area contributed by atoms with E-state index in [-0.39, 0.29) is 5.56 Å². The van der Waals surface area contributed by atoms with Crippen molar-refractivity contribution in [1.29, 1.82) is 0 Å². The third-order valence-electron chi connectivity index (χ3n) is 4.75. The molecular formula is C17H19ClN4O. The highest BCUT2D eigenvalue weighted by molar-refractivity contribution is 6.31. The van der Waals surface area contributed by atoms with E-state index in [1.54, 1.807) is 0 Å². The molecule has 0 bridgehead atoms. The van der Waals surface area contributed by atoms with Crippen molar-refractivity contribution < 1.29 is 0 Å². The van der Waals surface area contributed by atoms with Crippen LogP contribution in [0.15, 0.2) is 23.0 Å². The standard InChI is InChI=1S/C17H19ClN4O/c1-10-15-16(21-20-10)13-7-12(18)4-5-14(13)22(17(15)23)9-11-3-2-6-19-8-11/h4-5,7,11,19H,2-3,6,8-9H2,1H3,(H,20,21)/t11-/m1/s1. The molecule has 2 aromatic heterocycles. The zero-order chi connectivity index (χ0) is 16.0. The van der Waals surface area contributed by atoms with Crippen LogP contribution in [0.1, 0.15) is 18.5 Å². The van der Waals surface area contributed by atoms with Crippen LogP contribution in [0, 0.1) is 12.8 Å². The van der Waals surface area contributed by atoms with Crippen LogP contribution in [0.4, 0.5) is 0 Å². The molecule has 3 heterocycles. The summed E-state index contributed by atoms with van der Waals surface area (Å²) in [7, 11) is 0. The number of aryl methyl sites for hydroxylation is 1. The molecule has 23 heavy (non-hydrogen) atoms. The van der Waals surface area contributed by atoms with Gasteiger partial charge in [0.05, 0.1) is 10.9 Å². The number of benzene rings is 1. The number of nitrogens with one attached hydrogen (secondary N) is 2. The van der Waals surface area contributed by atoms with Crippen molar-refractivity contribution in [3.63, 3.8) is 0 Å². The molecule has 2 N–H and O–H groups in total. The Balaban J connectivity index is 1.97. The smallest absolute Gasteiger partial charge is 0.262 e. The summed E-state index contributed by atoms with van der Waals surface area (Å²) in [5.41, 5.74) is 2.46. The first-order chi connectivity index (χ1) is 11.1. The molecule has 6 heteroatoms. The van der Waals surface area contributed by atoms with Crippen LogP contribution < -0.4 is 10.9 Å². The number of piperidine rings is 1. The van der Waals surface area contributed by atoms with E-state index in [0.29, 0.717) is 21.8 Å². The first-order valence-electron chi connectivity index (χ1n) is 8.02. The average molecular weight is 331 g/mol. The predicted molar refractivity (Wildman–Crippen MR) is 93.2 cm³/mol. The number of hydrogen-bond acceptors (Lipinski definition) is 3. The van der Waals surface area contributed by atoms with Crippen molar-refractivity contribution in [1.82, 2.24) is 20.1 Å². The van der Waals surface area contributed by atoms with Gasteiger partial charge in [0.2, 0.25) is 0 Å². The van der Waals surface area contributed by atoms with E-state index in [1.165, 1.54) is 0 Å². The Bertz CT molecular complexity index is 937. The van der Waals surface area contributed by atoms with Crippen molar-refractivity contribution >= 4 is 33.4 Å². The number of aromatic amines is 1. The third-order valence-corrected chi connectivity index (χ3v) is 4.99. The second-order valence-corrected chi connectivity index (χ2v) is 6.80. The first kappa shape index (κ1) is 14.7. The van der Waals surface area contributed by atoms with Gasteiger partial charge in [-0.1, -0.05) is 11.6 Å². The SMILES string of the molecule is Cc1[nH]nc2c1c(=O)n(C[C@@H]1CCCNC1)c1ccc(Cl)cc21. The fourth-order valence-electron chi connectivity index (χ4n) is 3.58. The van der Waals surface area contributed by atoms with E-state index in [0.717, 1.165) is 49.1 Å². The number of rotatable bonds is 2. The highest BCUT2D eigenvalue weighted by Gasteiger charge is 2.19. The molecule has 5 nitrogen and oxygen atoms in total. The number of fused-ring (bicyclic) bond motifs is 3. The quantitative estimate of drug-likeness (QED) is 0.759. The Morgan fingerprint density at radius 2 is 2.30 bits per heavy atom. The molecule has 0 aliphatic carbocycles. The molecule has 1 atom stereocenters. The van der Waals surface area contributed by atoms with Crippen molar-refractivity contribution in [2.75, 3.05) is 13.1 Å². The molecule has 0 saturated carbocycles. The van der Waals surface area contributed by atoms with Crippen LogP contribution in [0.5, 0.6) is 0 Å². The molecule has 0 spiro atoms. The van der Waals surface area contributed by atoms with Gasteiger partial charge in [0.15, 0.2) is 0 Å². The minimum Gasteiger partial charge on any atom is -0.316 e. The topological polar surface area (TPSA) is 62.7 Å². The Morgan fingerprint density at radius 3 is 3.09 bits per heavy atom. The van der Waals surface area contributed by atoms with E-state index < -0.39 is 0 Å². The summed E-state index contributed by atoms with van der Waals surface area (Å²) in [6, 6.07) is 5.66. The van der Waals surface area contributed by atoms with Gasteiger partial charge in [-0.3, -0.25) is 9.89 Å². The van der Waals surface area contributed by atoms with Gasteiger partial charge >= 0.3 is 0 Å². The number of halogens is 1. The lowest BCUT2D eigenvalue weighted by atomic mass is 9.99. The second-order valence-electron chi connectivity index (χ2n) is 6.36. The summed E-state index contributed by atoms with van der Waals surface area (Å²) in [6.07, 6.45) is 2.31. The van der Waals surface area contributed by atoms with Crippen LogP contribution in [0.3, 0.4) is 0 Å². The minimum atomic E-state index is 0.0339. The normalized spacial score (nSPS) is 18.8. The van der Waals surface area contributed by atoms with E-state index in [1.807, 2.05) is 29.7 Å². The van der Waals surface area contributed by atoms with Crippen LogP contribution in [0.2, 0.25) is 5.02 Å². The van der Waals surface area contributed by atoms with Crippen molar-refractivity contribution in [2.45, 2.75) is 26.3 Å². The summed E-state index contributed by atoms with van der Waals surface area (Å²) in [6.45, 7) is 4.65. The number of nitrogens with zero attached hydrogens (tertiary/aromatic N) is 2. The molecular weight excluding hydrogens is 312 g/mol. The Labute approximate surface area is 138 Å². The lowest BCUT2D eigenvalue weighted by Gasteiger charge is -2.24. The summed E-state index contributed by atoms with van der Waals surface area (Å²) < 4.78 is 1.90. The van der Waals surface area contributed by atoms with E-state index in [4.69, 9.17) is 11.6 Å². The molecule has 1 fully saturated rings. The summed E-state index contributed by atoms with van der Waals surface area (Å²) in [5.74, 6) is 0.477. The largest absolute Gasteiger partial charge is 0.316 e. The number of hydrogen-bond donors (Lipinski definition) is 2. The number of H-pyrrole nitrogens is 1. The van der Waals surface area contributed by atoms with Gasteiger partial charge in [0, 0.05) is 22.6 Å². The van der Waals surface area contributed by atoms with Crippen LogP contribution in [0.25, 0.3) is 21.8 Å². The Morgan fingerprint density at radius 1 is 1.43 bits per heavy atom. The molecule has 1 aliphatic rings. The molecule has 1 aromatic carbocycles. The molecule has 0 unspecified atom stereocenters. The van der Waals surface area contributed by atoms with E-state index >= 15 is 0 Å². The van der Waals surface area contributed by atoms with Crippen molar-refractivity contribution in [3.05, 3.63) is 39.3 Å². The van der Waals surface area contributed by atoms with Gasteiger partial charge in [-0.15, -0.1) is 0 Å². The highest BCUT2D eigenvalue weighted by atomic mass is 35.5. The van der Waals surface area contributed by atoms with Crippen molar-refractivity contribution in [3.8, 4) is 0 Å². The lowest BCUT2D eigenvalue weighted by Crippen LogP contribution is -2.35. The van der Waals surface area contributed by atoms with Crippen LogP contribution in [-0.4, -0.2) is 27.9 Å². The van der Waals surface area contributed by atoms with E-state index in [2.05, 4.69) is 15.5 Å². The van der Waals surface area contributed by atoms with Crippen molar-refractivity contribution in [2.24, 2.45) is 5.92 Å². The monoisotopic (exact) mass is 330 g/mol. The molecule has 0 amide bonds. The fourth-order valence-corrected chi connectivity index (χ4v) is 3.75. The molecule has 0 radical (unpaired) electrons. The first-order valence-corrected chi connectivity index (χ1v) is 8.40. The third kappa shape index (κ3) is 2.44. The highest BCUT2D eigenvalue weighted by Crippen LogP contribution is 2.26. The van der Waals surface area contributed by atoms with E-state index in [9.17, 15) is 4.79 Å². The van der Waals surface area contributed by atoms with Gasteiger partial charge in [-0.05, 0) is 57.0 Å². The van der Waals surface area contributed by atoms with Gasteiger partial charge in [-0.25, -0.2) is 0 Å². The maximum absolute atomic E-state index is 13.0. The maximum Gasteiger partial charge on any atom is 0.262 e. The van der Waals surface area contributed by atoms with Gasteiger partial charge in [0.25, 0.3) is 5.56 Å².